The summed E-state index contributed by atoms with van der Waals surface area (Å²) in [5.74, 6) is 0. The lowest BCUT2D eigenvalue weighted by Crippen LogP contribution is -2.21. The van der Waals surface area contributed by atoms with Gasteiger partial charge in [0.2, 0.25) is 0 Å². The van der Waals surface area contributed by atoms with Crippen LogP contribution in [0.15, 0.2) is 23.4 Å². The van der Waals surface area contributed by atoms with Crippen molar-refractivity contribution in [2.75, 3.05) is 13.6 Å². The van der Waals surface area contributed by atoms with E-state index in [1.165, 1.54) is 17.7 Å². The van der Waals surface area contributed by atoms with Crippen LogP contribution < -0.4 is 0 Å². The molecule has 0 aliphatic carbocycles. The first kappa shape index (κ1) is 7.39. The molecule has 1 aliphatic heterocycles. The molecule has 0 radical (unpaired) electrons. The highest BCUT2D eigenvalue weighted by Crippen LogP contribution is 2.13. The minimum Gasteiger partial charge on any atom is -0.374 e. The molecule has 1 nitrogen and oxygen atoms in total. The van der Waals surface area contributed by atoms with Crippen molar-refractivity contribution < 1.29 is 0 Å². The molecular weight excluding hydrogens is 122 g/mol. The van der Waals surface area contributed by atoms with Gasteiger partial charge >= 0.3 is 0 Å². The molecule has 0 bridgehead atoms. The van der Waals surface area contributed by atoms with Crippen LogP contribution in [0.3, 0.4) is 0 Å². The van der Waals surface area contributed by atoms with Crippen molar-refractivity contribution in [3.63, 3.8) is 0 Å². The summed E-state index contributed by atoms with van der Waals surface area (Å²) in [6.07, 6.45) is 5.59. The van der Waals surface area contributed by atoms with E-state index in [-0.39, 0.29) is 0 Å². The standard InChI is InChI=1S/C9H15N/c1-4-9-6-5-8(2)10(3)7-9/h5-6H,4,7H2,1-3H3. The van der Waals surface area contributed by atoms with Crippen LogP contribution in [0.25, 0.3) is 0 Å². The zero-order valence-corrected chi connectivity index (χ0v) is 7.02. The average molecular weight is 137 g/mol. The molecule has 56 valence electrons. The van der Waals surface area contributed by atoms with Crippen LogP contribution in [-0.4, -0.2) is 18.5 Å². The second-order valence-electron chi connectivity index (χ2n) is 2.84. The molecule has 0 amide bonds. The predicted molar refractivity (Wildman–Crippen MR) is 44.8 cm³/mol. The minimum absolute atomic E-state index is 1.11. The van der Waals surface area contributed by atoms with Crippen LogP contribution in [-0.2, 0) is 0 Å². The Balaban J connectivity index is 2.68. The van der Waals surface area contributed by atoms with E-state index < -0.39 is 0 Å². The van der Waals surface area contributed by atoms with Crippen LogP contribution in [0.5, 0.6) is 0 Å². The summed E-state index contributed by atoms with van der Waals surface area (Å²) in [4.78, 5) is 2.28. The van der Waals surface area contributed by atoms with Gasteiger partial charge in [0.25, 0.3) is 0 Å². The van der Waals surface area contributed by atoms with E-state index in [4.69, 9.17) is 0 Å². The molecule has 0 fully saturated rings. The molecule has 0 spiro atoms. The Bertz CT molecular complexity index is 177. The van der Waals surface area contributed by atoms with Crippen molar-refractivity contribution >= 4 is 0 Å². The van der Waals surface area contributed by atoms with E-state index in [0.717, 1.165) is 6.54 Å². The highest BCUT2D eigenvalue weighted by atomic mass is 15.1. The molecule has 1 aliphatic rings. The first-order chi connectivity index (χ1) is 4.74. The van der Waals surface area contributed by atoms with Crippen molar-refractivity contribution in [3.05, 3.63) is 23.4 Å². The monoisotopic (exact) mass is 137 g/mol. The predicted octanol–water partition coefficient (Wildman–Crippen LogP) is 2.17. The van der Waals surface area contributed by atoms with Gasteiger partial charge in [0.05, 0.1) is 0 Å². The third-order valence-electron chi connectivity index (χ3n) is 2.06. The number of allylic oxidation sites excluding steroid dienone is 3. The zero-order chi connectivity index (χ0) is 7.56. The number of nitrogens with zero attached hydrogens (tertiary/aromatic N) is 1. The lowest BCUT2D eigenvalue weighted by atomic mass is 10.1. The average Bonchev–Trinajstić information content (AvgIpc) is 1.95. The van der Waals surface area contributed by atoms with Crippen LogP contribution >= 0.6 is 0 Å². The summed E-state index contributed by atoms with van der Waals surface area (Å²) in [5.41, 5.74) is 2.88. The molecule has 1 rings (SSSR count). The Hall–Kier alpha value is -0.720. The maximum absolute atomic E-state index is 2.28. The van der Waals surface area contributed by atoms with Crippen molar-refractivity contribution in [2.24, 2.45) is 0 Å². The first-order valence-electron chi connectivity index (χ1n) is 3.81. The zero-order valence-electron chi connectivity index (χ0n) is 7.02. The van der Waals surface area contributed by atoms with E-state index in [9.17, 15) is 0 Å². The van der Waals surface area contributed by atoms with Gasteiger partial charge in [-0.2, -0.15) is 0 Å². The van der Waals surface area contributed by atoms with Gasteiger partial charge < -0.3 is 4.90 Å². The van der Waals surface area contributed by atoms with E-state index in [1.807, 2.05) is 0 Å². The molecule has 0 unspecified atom stereocenters. The van der Waals surface area contributed by atoms with Gasteiger partial charge in [0, 0.05) is 19.3 Å². The van der Waals surface area contributed by atoms with Crippen molar-refractivity contribution in [1.82, 2.24) is 4.90 Å². The fourth-order valence-electron chi connectivity index (χ4n) is 1.08. The Kier molecular flexibility index (Phi) is 2.15. The summed E-state index contributed by atoms with van der Waals surface area (Å²) in [6.45, 7) is 5.45. The molecule has 1 heterocycles. The second kappa shape index (κ2) is 2.91. The van der Waals surface area contributed by atoms with Crippen LogP contribution in [0.1, 0.15) is 20.3 Å². The van der Waals surface area contributed by atoms with Crippen LogP contribution in [0.2, 0.25) is 0 Å². The summed E-state index contributed by atoms with van der Waals surface area (Å²) < 4.78 is 0. The Morgan fingerprint density at radius 1 is 1.50 bits per heavy atom. The maximum atomic E-state index is 2.28. The topological polar surface area (TPSA) is 3.24 Å². The lowest BCUT2D eigenvalue weighted by molar-refractivity contribution is 0.443. The van der Waals surface area contributed by atoms with Gasteiger partial charge in [-0.3, -0.25) is 0 Å². The molecule has 0 N–H and O–H groups in total. The second-order valence-corrected chi connectivity index (χ2v) is 2.84. The highest BCUT2D eigenvalue weighted by Gasteiger charge is 2.04. The molecule has 1 heteroatoms. The van der Waals surface area contributed by atoms with Crippen LogP contribution in [0, 0.1) is 0 Å². The van der Waals surface area contributed by atoms with Gasteiger partial charge in [0.1, 0.15) is 0 Å². The molecule has 10 heavy (non-hydrogen) atoms. The SMILES string of the molecule is CCC1=CC=C(C)N(C)C1. The fraction of sp³-hybridized carbons (Fsp3) is 0.556. The summed E-state index contributed by atoms with van der Waals surface area (Å²) in [5, 5.41) is 0. The van der Waals surface area contributed by atoms with Gasteiger partial charge in [0.15, 0.2) is 0 Å². The van der Waals surface area contributed by atoms with Crippen molar-refractivity contribution in [1.29, 1.82) is 0 Å². The fourth-order valence-corrected chi connectivity index (χ4v) is 1.08. The summed E-state index contributed by atoms with van der Waals surface area (Å²) in [6, 6.07) is 0. The Morgan fingerprint density at radius 2 is 2.20 bits per heavy atom. The van der Waals surface area contributed by atoms with Gasteiger partial charge in [-0.15, -0.1) is 0 Å². The highest BCUT2D eigenvalue weighted by molar-refractivity contribution is 5.22. The van der Waals surface area contributed by atoms with Crippen LogP contribution in [0.4, 0.5) is 0 Å². The number of rotatable bonds is 1. The summed E-state index contributed by atoms with van der Waals surface area (Å²) in [7, 11) is 2.13. The van der Waals surface area contributed by atoms with Crippen molar-refractivity contribution in [3.8, 4) is 0 Å². The quantitative estimate of drug-likeness (QED) is 0.535. The third kappa shape index (κ3) is 1.41. The third-order valence-corrected chi connectivity index (χ3v) is 2.06. The number of hydrogen-bond donors (Lipinski definition) is 0. The Morgan fingerprint density at radius 3 is 2.70 bits per heavy atom. The van der Waals surface area contributed by atoms with Gasteiger partial charge in [-0.05, 0) is 19.4 Å². The van der Waals surface area contributed by atoms with E-state index in [1.54, 1.807) is 0 Å². The molecule has 0 aromatic carbocycles. The van der Waals surface area contributed by atoms with Gasteiger partial charge in [-0.25, -0.2) is 0 Å². The molecule has 0 aromatic heterocycles. The minimum atomic E-state index is 1.11. The maximum Gasteiger partial charge on any atom is 0.0385 e. The number of likely N-dealkylation sites (N-methyl/N-ethyl adjacent to an activating group) is 1. The first-order valence-corrected chi connectivity index (χ1v) is 3.81. The molecule has 0 saturated heterocycles. The molecular formula is C9H15N. The molecule has 0 aromatic rings. The van der Waals surface area contributed by atoms with E-state index in [2.05, 4.69) is 37.9 Å². The lowest BCUT2D eigenvalue weighted by Gasteiger charge is -2.24. The smallest absolute Gasteiger partial charge is 0.0385 e. The molecule has 0 saturated carbocycles. The van der Waals surface area contributed by atoms with E-state index in [0.29, 0.717) is 0 Å². The number of hydrogen-bond acceptors (Lipinski definition) is 1. The molecule has 0 atom stereocenters. The van der Waals surface area contributed by atoms with E-state index >= 15 is 0 Å². The Labute approximate surface area is 63.0 Å². The van der Waals surface area contributed by atoms with Gasteiger partial charge in [-0.1, -0.05) is 18.6 Å². The van der Waals surface area contributed by atoms with Crippen molar-refractivity contribution in [2.45, 2.75) is 20.3 Å². The summed E-state index contributed by atoms with van der Waals surface area (Å²) >= 11 is 0. The normalized spacial score (nSPS) is 18.5. The largest absolute Gasteiger partial charge is 0.374 e.